The number of nitrogens with two attached hydrogens (primary N) is 4. The molecule has 0 aliphatic heterocycles. The van der Waals surface area contributed by atoms with E-state index in [0.717, 1.165) is 0 Å². The largest absolute Gasteiger partial charge is 0.508 e. The van der Waals surface area contributed by atoms with Gasteiger partial charge in [-0.15, -0.1) is 0 Å². The number of hydrogen-bond donors (Lipinski definition) is 18. The van der Waals surface area contributed by atoms with E-state index in [1.807, 2.05) is 0 Å². The van der Waals surface area contributed by atoms with Gasteiger partial charge in [0, 0.05) is 36.5 Å². The summed E-state index contributed by atoms with van der Waals surface area (Å²) in [5.74, 6) is -12.5. The summed E-state index contributed by atoms with van der Waals surface area (Å²) in [5, 5.41) is 63.1. The lowest BCUT2D eigenvalue weighted by Gasteiger charge is -2.28. The Morgan fingerprint density at radius 2 is 1.09 bits per heavy atom. The lowest BCUT2D eigenvalue weighted by Crippen LogP contribution is -2.62. The molecule has 0 aliphatic carbocycles. The summed E-state index contributed by atoms with van der Waals surface area (Å²) in [6.07, 6.45) is 0.256. The Bertz CT molecular complexity index is 2750. The maximum absolute atomic E-state index is 14.5. The number of carboxylic acid groups (broad SMARTS) is 1. The third-order valence-corrected chi connectivity index (χ3v) is 12.5. The number of aliphatic imine (C=N–C) groups is 1. The molecule has 1 aromatic heterocycles. The number of nitrogens with zero attached hydrogens (tertiary/aromatic N) is 1. The van der Waals surface area contributed by atoms with E-state index < -0.39 is 152 Å². The number of phenolic OH excluding ortho intramolecular Hbond substituents is 1. The third kappa shape index (κ3) is 22.0. The van der Waals surface area contributed by atoms with E-state index in [1.54, 1.807) is 44.3 Å². The van der Waals surface area contributed by atoms with Crippen LogP contribution in [0.5, 0.6) is 5.75 Å². The highest BCUT2D eigenvalue weighted by Gasteiger charge is 2.36. The summed E-state index contributed by atoms with van der Waals surface area (Å²) in [5.41, 5.74) is 22.9. The fourth-order valence-electron chi connectivity index (χ4n) is 8.15. The van der Waals surface area contributed by atoms with Gasteiger partial charge in [0.1, 0.15) is 60.1 Å². The van der Waals surface area contributed by atoms with Crippen LogP contribution in [-0.2, 0) is 65.6 Å². The average molecular weight is 1150 g/mol. The van der Waals surface area contributed by atoms with Crippen molar-refractivity contribution >= 4 is 81.9 Å². The van der Waals surface area contributed by atoms with E-state index in [4.69, 9.17) is 22.9 Å². The minimum absolute atomic E-state index is 0.0336. The number of nitrogens with one attached hydrogen (secondary N) is 10. The Hall–Kier alpha value is -8.90. The highest BCUT2D eigenvalue weighted by atomic mass is 16.4. The van der Waals surface area contributed by atoms with Gasteiger partial charge in [0.05, 0.1) is 26.2 Å². The van der Waals surface area contributed by atoms with Crippen LogP contribution in [0.3, 0.4) is 0 Å². The molecule has 22 N–H and O–H groups in total. The predicted octanol–water partition coefficient (Wildman–Crippen LogP) is -5.30. The molecule has 3 rings (SSSR count). The number of amides is 10. The topological polar surface area (TPSA) is 509 Å². The lowest BCUT2D eigenvalue weighted by molar-refractivity contribution is -0.144. The molecule has 0 bridgehead atoms. The number of H-pyrrole nitrogens is 1. The summed E-state index contributed by atoms with van der Waals surface area (Å²) in [7, 11) is 0. The molecule has 3 aromatic rings. The van der Waals surface area contributed by atoms with Crippen LogP contribution in [0.4, 0.5) is 0 Å². The molecule has 30 heteroatoms. The smallest absolute Gasteiger partial charge is 0.326 e. The first kappa shape index (κ1) is 67.4. The van der Waals surface area contributed by atoms with Gasteiger partial charge >= 0.3 is 5.97 Å². The lowest BCUT2D eigenvalue weighted by atomic mass is 9.99. The standard InChI is InChI=1S/C52H77N15O15/c1-25(2)17-34(45(75)66-39(24-69)48(78)62-35(18-28-12-14-30(70)15-13-28)47(77)67-42(26(3)4)50(80)64-37(51(81)82)20-40(54)71)61-46(76)36(19-29-22-58-32-10-7-6-9-31(29)32)63-49(79)38(23-68)65-44(74)33(11-8-16-57-52(55)56)60-43(73)27(5)59-41(72)21-53/h6-7,9-10,12-15,22,25-27,33-39,42,58,68-70H,8,11,16-21,23-24,53H2,1-5H3,(H2,54,71)(H,59,72)(H,60,73)(H,61,76)(H,62,78)(H,63,79)(H,64,80)(H,65,74)(H,66,75)(H,67,77)(H,81,82)(H4,55,56,57)/t27-,33-,34-,35-,36-,37-,38-,39-,42-/m0/s1. The Morgan fingerprint density at radius 3 is 1.62 bits per heavy atom. The Morgan fingerprint density at radius 1 is 0.585 bits per heavy atom. The predicted molar refractivity (Wildman–Crippen MR) is 296 cm³/mol. The van der Waals surface area contributed by atoms with E-state index >= 15 is 0 Å². The van der Waals surface area contributed by atoms with Crippen molar-refractivity contribution in [3.8, 4) is 5.75 Å². The molecule has 2 aromatic carbocycles. The number of aliphatic carboxylic acids is 1. The fourth-order valence-corrected chi connectivity index (χ4v) is 8.15. The minimum Gasteiger partial charge on any atom is -0.508 e. The average Bonchev–Trinajstić information content (AvgIpc) is 3.89. The van der Waals surface area contributed by atoms with Gasteiger partial charge in [-0.25, -0.2) is 4.79 Å². The number of aromatic nitrogens is 1. The van der Waals surface area contributed by atoms with Crippen LogP contribution >= 0.6 is 0 Å². The molecule has 30 nitrogen and oxygen atoms in total. The summed E-state index contributed by atoms with van der Waals surface area (Å²) in [4.78, 5) is 153. The van der Waals surface area contributed by atoms with Gasteiger partial charge in [-0.2, -0.15) is 0 Å². The number of guanidine groups is 1. The van der Waals surface area contributed by atoms with Crippen molar-refractivity contribution in [1.29, 1.82) is 0 Å². The molecule has 450 valence electrons. The van der Waals surface area contributed by atoms with E-state index in [9.17, 15) is 73.2 Å². The number of carbonyl (C=O) groups is 11. The number of aromatic hydroxyl groups is 1. The van der Waals surface area contributed by atoms with Crippen molar-refractivity contribution < 1.29 is 73.2 Å². The van der Waals surface area contributed by atoms with Crippen LogP contribution in [0, 0.1) is 11.8 Å². The Labute approximate surface area is 471 Å². The van der Waals surface area contributed by atoms with Gasteiger partial charge in [0.25, 0.3) is 0 Å². The molecule has 82 heavy (non-hydrogen) atoms. The molecule has 10 amide bonds. The van der Waals surface area contributed by atoms with Crippen molar-refractivity contribution in [2.75, 3.05) is 26.3 Å². The maximum Gasteiger partial charge on any atom is 0.326 e. The fraction of sp³-hybridized carbons (Fsp3) is 0.500. The SMILES string of the molecule is CC(C)C[C@H](NC(=O)[C@H](Cc1c[nH]c2ccccc12)NC(=O)[C@H](CO)NC(=O)[C@H](CCCN=C(N)N)NC(=O)[C@H](C)NC(=O)CN)C(=O)N[C@@H](CO)C(=O)N[C@@H](Cc1ccc(O)cc1)C(=O)N[C@H](C(=O)N[C@@H](CC(N)=O)C(=O)O)C(C)C. The number of carboxylic acids is 1. The number of aromatic amines is 1. The molecular weight excluding hydrogens is 1070 g/mol. The first-order valence-corrected chi connectivity index (χ1v) is 26.2. The zero-order valence-electron chi connectivity index (χ0n) is 46.2. The monoisotopic (exact) mass is 1150 g/mol. The second kappa shape index (κ2) is 33.0. The molecule has 0 saturated carbocycles. The molecule has 0 spiro atoms. The Kier molecular flexibility index (Phi) is 27.1. The van der Waals surface area contributed by atoms with Crippen molar-refractivity contribution in [2.45, 2.75) is 128 Å². The maximum atomic E-state index is 14.5. The van der Waals surface area contributed by atoms with Crippen molar-refractivity contribution in [1.82, 2.24) is 52.8 Å². The molecule has 0 fully saturated rings. The van der Waals surface area contributed by atoms with Crippen LogP contribution in [-0.4, -0.2) is 177 Å². The number of phenols is 1. The summed E-state index contributed by atoms with van der Waals surface area (Å²) >= 11 is 0. The second-order valence-electron chi connectivity index (χ2n) is 20.0. The number of benzene rings is 2. The number of fused-ring (bicyclic) bond motifs is 1. The van der Waals surface area contributed by atoms with Crippen LogP contribution < -0.4 is 70.8 Å². The quantitative estimate of drug-likeness (QED) is 0.0151. The van der Waals surface area contributed by atoms with Crippen molar-refractivity contribution in [2.24, 2.45) is 39.8 Å². The molecule has 0 saturated heterocycles. The summed E-state index contributed by atoms with van der Waals surface area (Å²) in [6, 6.07) is -1.36. The third-order valence-electron chi connectivity index (χ3n) is 12.5. The summed E-state index contributed by atoms with van der Waals surface area (Å²) in [6.45, 7) is 5.36. The zero-order chi connectivity index (χ0) is 61.4. The van der Waals surface area contributed by atoms with E-state index in [1.165, 1.54) is 45.0 Å². The number of aliphatic hydroxyl groups is 2. The molecule has 9 atom stereocenters. The first-order chi connectivity index (χ1) is 38.7. The van der Waals surface area contributed by atoms with E-state index in [0.29, 0.717) is 22.0 Å². The minimum atomic E-state index is -1.80. The molecule has 0 unspecified atom stereocenters. The van der Waals surface area contributed by atoms with Crippen molar-refractivity contribution in [3.63, 3.8) is 0 Å². The van der Waals surface area contributed by atoms with Gasteiger partial charge < -0.3 is 96.2 Å². The summed E-state index contributed by atoms with van der Waals surface area (Å²) < 4.78 is 0. The van der Waals surface area contributed by atoms with Gasteiger partial charge in [-0.1, -0.05) is 58.0 Å². The van der Waals surface area contributed by atoms with Gasteiger partial charge in [0.2, 0.25) is 59.1 Å². The molecule has 0 radical (unpaired) electrons. The van der Waals surface area contributed by atoms with Crippen molar-refractivity contribution in [3.05, 3.63) is 65.9 Å². The number of rotatable bonds is 34. The molecular formula is C52H77N15O15. The van der Waals surface area contributed by atoms with Gasteiger partial charge in [-0.3, -0.25) is 52.9 Å². The number of para-hydroxylation sites is 1. The number of carbonyl (C=O) groups excluding carboxylic acids is 10. The van der Waals surface area contributed by atoms with Gasteiger partial charge in [0.15, 0.2) is 5.96 Å². The molecule has 1 heterocycles. The van der Waals surface area contributed by atoms with Crippen LogP contribution in [0.2, 0.25) is 0 Å². The zero-order valence-corrected chi connectivity index (χ0v) is 46.2. The highest BCUT2D eigenvalue weighted by Crippen LogP contribution is 2.20. The van der Waals surface area contributed by atoms with Gasteiger partial charge in [-0.05, 0) is 67.3 Å². The second-order valence-corrected chi connectivity index (χ2v) is 20.0. The number of primary amides is 1. The number of aliphatic hydroxyl groups excluding tert-OH is 2. The van der Waals surface area contributed by atoms with E-state index in [-0.39, 0.29) is 56.3 Å². The molecule has 0 aliphatic rings. The Balaban J connectivity index is 1.93. The highest BCUT2D eigenvalue weighted by molar-refractivity contribution is 5.99. The van der Waals surface area contributed by atoms with Crippen LogP contribution in [0.1, 0.15) is 71.4 Å². The van der Waals surface area contributed by atoms with Crippen LogP contribution in [0.25, 0.3) is 10.9 Å². The first-order valence-electron chi connectivity index (χ1n) is 26.2. The normalized spacial score (nSPS) is 14.4. The van der Waals surface area contributed by atoms with Crippen LogP contribution in [0.15, 0.2) is 59.7 Å². The van der Waals surface area contributed by atoms with E-state index in [2.05, 4.69) is 57.8 Å². The number of hydrogen-bond acceptors (Lipinski definition) is 16.